The van der Waals surface area contributed by atoms with Crippen LogP contribution in [0.5, 0.6) is 5.75 Å². The number of aromatic nitrogens is 3. The lowest BCUT2D eigenvalue weighted by Crippen LogP contribution is -2.32. The van der Waals surface area contributed by atoms with Gasteiger partial charge >= 0.3 is 0 Å². The molecular formula is C20H27BrN4O2S. The van der Waals surface area contributed by atoms with Crippen molar-refractivity contribution >= 4 is 33.6 Å². The first-order valence-corrected chi connectivity index (χ1v) is 11.5. The molecule has 0 atom stereocenters. The number of amides is 1. The molecule has 2 aromatic rings. The van der Waals surface area contributed by atoms with Gasteiger partial charge in [-0.3, -0.25) is 4.79 Å². The molecule has 1 aliphatic rings. The topological polar surface area (TPSA) is 60.3 Å². The second-order valence-electron chi connectivity index (χ2n) is 7.10. The number of carbonyl (C=O) groups is 1. The van der Waals surface area contributed by atoms with Gasteiger partial charge in [0.25, 0.3) is 0 Å². The van der Waals surface area contributed by atoms with Gasteiger partial charge in [0.05, 0.1) is 12.3 Å². The van der Waals surface area contributed by atoms with Gasteiger partial charge in [0.2, 0.25) is 5.91 Å². The number of thioether (sulfide) groups is 1. The van der Waals surface area contributed by atoms with E-state index in [2.05, 4.69) is 30.7 Å². The van der Waals surface area contributed by atoms with Crippen LogP contribution in [0.15, 0.2) is 33.9 Å². The number of benzene rings is 1. The molecule has 6 nitrogen and oxygen atoms in total. The Hall–Kier alpha value is -1.54. The summed E-state index contributed by atoms with van der Waals surface area (Å²) in [6.07, 6.45) is 6.17. The zero-order valence-corrected chi connectivity index (χ0v) is 18.8. The van der Waals surface area contributed by atoms with Crippen LogP contribution in [0.1, 0.15) is 44.0 Å². The lowest BCUT2D eigenvalue weighted by atomic mass is 9.95. The van der Waals surface area contributed by atoms with E-state index in [4.69, 9.17) is 4.74 Å². The summed E-state index contributed by atoms with van der Waals surface area (Å²) in [6.45, 7) is 3.01. The fraction of sp³-hybridized carbons (Fsp3) is 0.550. The predicted molar refractivity (Wildman–Crippen MR) is 115 cm³/mol. The second-order valence-corrected chi connectivity index (χ2v) is 8.96. The van der Waals surface area contributed by atoms with Crippen molar-refractivity contribution in [2.75, 3.05) is 26.0 Å². The number of rotatable bonds is 8. The van der Waals surface area contributed by atoms with Crippen LogP contribution in [-0.2, 0) is 4.79 Å². The average Bonchev–Trinajstić information content (AvgIpc) is 3.08. The SMILES string of the molecule is Cc1nnc(SCC(=O)N(C)CCOc2ccc(Br)cc2)n1C1CCCCC1. The van der Waals surface area contributed by atoms with Gasteiger partial charge in [0, 0.05) is 17.6 Å². The predicted octanol–water partition coefficient (Wildman–Crippen LogP) is 4.48. The van der Waals surface area contributed by atoms with Gasteiger partial charge in [-0.05, 0) is 44.0 Å². The lowest BCUT2D eigenvalue weighted by molar-refractivity contribution is -0.127. The molecule has 0 unspecified atom stereocenters. The average molecular weight is 467 g/mol. The summed E-state index contributed by atoms with van der Waals surface area (Å²) in [4.78, 5) is 14.2. The van der Waals surface area contributed by atoms with Gasteiger partial charge in [-0.2, -0.15) is 0 Å². The van der Waals surface area contributed by atoms with Crippen molar-refractivity contribution in [3.63, 3.8) is 0 Å². The summed E-state index contributed by atoms with van der Waals surface area (Å²) in [7, 11) is 1.81. The van der Waals surface area contributed by atoms with Crippen molar-refractivity contribution < 1.29 is 9.53 Å². The zero-order chi connectivity index (χ0) is 19.9. The number of halogens is 1. The molecule has 0 aliphatic heterocycles. The van der Waals surface area contributed by atoms with Crippen LogP contribution in [0.2, 0.25) is 0 Å². The minimum Gasteiger partial charge on any atom is -0.492 e. The Balaban J connectivity index is 1.46. The van der Waals surface area contributed by atoms with Crippen molar-refractivity contribution in [2.45, 2.75) is 50.2 Å². The number of hydrogen-bond donors (Lipinski definition) is 0. The van der Waals surface area contributed by atoms with Crippen molar-refractivity contribution in [2.24, 2.45) is 0 Å². The van der Waals surface area contributed by atoms with Crippen LogP contribution < -0.4 is 4.74 Å². The van der Waals surface area contributed by atoms with E-state index in [-0.39, 0.29) is 5.91 Å². The van der Waals surface area contributed by atoms with E-state index >= 15 is 0 Å². The summed E-state index contributed by atoms with van der Waals surface area (Å²) in [5, 5.41) is 9.41. The molecule has 0 N–H and O–H groups in total. The molecule has 0 radical (unpaired) electrons. The highest BCUT2D eigenvalue weighted by molar-refractivity contribution is 9.10. The molecule has 0 bridgehead atoms. The Morgan fingerprint density at radius 1 is 1.25 bits per heavy atom. The van der Waals surface area contributed by atoms with E-state index in [1.54, 1.807) is 4.90 Å². The molecule has 0 saturated heterocycles. The minimum absolute atomic E-state index is 0.0697. The molecule has 8 heteroatoms. The first-order chi connectivity index (χ1) is 13.5. The second kappa shape index (κ2) is 10.3. The standard InChI is InChI=1S/C20H27BrN4O2S/c1-15-22-23-20(25(15)17-6-4-3-5-7-17)28-14-19(26)24(2)12-13-27-18-10-8-16(21)9-11-18/h8-11,17H,3-7,12-14H2,1-2H3. The van der Waals surface area contributed by atoms with Gasteiger partial charge in [0.1, 0.15) is 18.2 Å². The van der Waals surface area contributed by atoms with E-state index in [9.17, 15) is 4.79 Å². The van der Waals surface area contributed by atoms with Gasteiger partial charge in [-0.25, -0.2) is 0 Å². The maximum Gasteiger partial charge on any atom is 0.232 e. The lowest BCUT2D eigenvalue weighted by Gasteiger charge is -2.25. The molecule has 1 heterocycles. The van der Waals surface area contributed by atoms with Crippen LogP contribution in [0.25, 0.3) is 0 Å². The number of likely N-dealkylation sites (N-methyl/N-ethyl adjacent to an activating group) is 1. The monoisotopic (exact) mass is 466 g/mol. The summed E-state index contributed by atoms with van der Waals surface area (Å²) in [6, 6.07) is 8.15. The van der Waals surface area contributed by atoms with Crippen LogP contribution in [0.3, 0.4) is 0 Å². The van der Waals surface area contributed by atoms with E-state index in [1.807, 2.05) is 38.2 Å². The number of ether oxygens (including phenoxy) is 1. The third-order valence-electron chi connectivity index (χ3n) is 5.03. The molecule has 1 amide bonds. The van der Waals surface area contributed by atoms with E-state index in [0.717, 1.165) is 21.2 Å². The molecule has 1 fully saturated rings. The summed E-state index contributed by atoms with van der Waals surface area (Å²) in [5.41, 5.74) is 0. The maximum absolute atomic E-state index is 12.5. The van der Waals surface area contributed by atoms with Crippen LogP contribution >= 0.6 is 27.7 Å². The third kappa shape index (κ3) is 5.73. The van der Waals surface area contributed by atoms with Gasteiger partial charge in [-0.15, -0.1) is 10.2 Å². The fourth-order valence-electron chi connectivity index (χ4n) is 3.40. The Morgan fingerprint density at radius 3 is 2.68 bits per heavy atom. The fourth-order valence-corrected chi connectivity index (χ4v) is 4.66. The zero-order valence-electron chi connectivity index (χ0n) is 16.4. The first kappa shape index (κ1) is 21.2. The minimum atomic E-state index is 0.0697. The number of nitrogens with zero attached hydrogens (tertiary/aromatic N) is 4. The molecule has 152 valence electrons. The molecular weight excluding hydrogens is 440 g/mol. The highest BCUT2D eigenvalue weighted by Crippen LogP contribution is 2.32. The molecule has 1 saturated carbocycles. The third-order valence-corrected chi connectivity index (χ3v) is 6.49. The first-order valence-electron chi connectivity index (χ1n) is 9.71. The Labute approximate surface area is 179 Å². The number of aryl methyl sites for hydroxylation is 1. The van der Waals surface area contributed by atoms with Crippen molar-refractivity contribution in [3.05, 3.63) is 34.6 Å². The normalized spacial score (nSPS) is 14.8. The summed E-state index contributed by atoms with van der Waals surface area (Å²) >= 11 is 4.88. The van der Waals surface area contributed by atoms with Gasteiger partial charge in [0.15, 0.2) is 5.16 Å². The van der Waals surface area contributed by atoms with Crippen molar-refractivity contribution in [1.82, 2.24) is 19.7 Å². The quantitative estimate of drug-likeness (QED) is 0.536. The molecule has 1 aromatic carbocycles. The highest BCUT2D eigenvalue weighted by atomic mass is 79.9. The summed E-state index contributed by atoms with van der Waals surface area (Å²) < 4.78 is 8.94. The number of carbonyl (C=O) groups excluding carboxylic acids is 1. The van der Waals surface area contributed by atoms with Gasteiger partial charge < -0.3 is 14.2 Å². The number of hydrogen-bond acceptors (Lipinski definition) is 5. The maximum atomic E-state index is 12.5. The van der Waals surface area contributed by atoms with Crippen LogP contribution in [-0.4, -0.2) is 51.5 Å². The highest BCUT2D eigenvalue weighted by Gasteiger charge is 2.22. The van der Waals surface area contributed by atoms with Crippen LogP contribution in [0, 0.1) is 6.92 Å². The Bertz CT molecular complexity index is 775. The van der Waals surface area contributed by atoms with Crippen LogP contribution in [0.4, 0.5) is 0 Å². The molecule has 1 aliphatic carbocycles. The Kier molecular flexibility index (Phi) is 7.79. The van der Waals surface area contributed by atoms with Crippen molar-refractivity contribution in [3.8, 4) is 5.75 Å². The molecule has 3 rings (SSSR count). The van der Waals surface area contributed by atoms with Crippen molar-refractivity contribution in [1.29, 1.82) is 0 Å². The van der Waals surface area contributed by atoms with E-state index < -0.39 is 0 Å². The van der Waals surface area contributed by atoms with E-state index in [0.29, 0.717) is 24.9 Å². The van der Waals surface area contributed by atoms with Gasteiger partial charge in [-0.1, -0.05) is 47.0 Å². The Morgan fingerprint density at radius 2 is 1.96 bits per heavy atom. The molecule has 0 spiro atoms. The summed E-state index contributed by atoms with van der Waals surface area (Å²) in [5.74, 6) is 2.17. The smallest absolute Gasteiger partial charge is 0.232 e. The largest absolute Gasteiger partial charge is 0.492 e. The molecule has 1 aromatic heterocycles. The molecule has 28 heavy (non-hydrogen) atoms. The van der Waals surface area contributed by atoms with E-state index in [1.165, 1.54) is 43.9 Å².